The number of aromatic nitrogens is 3. The largest absolute Gasteiger partial charge is 0.417 e. The molecule has 1 aromatic heterocycles. The van der Waals surface area contributed by atoms with Gasteiger partial charge in [0, 0.05) is 18.3 Å². The molecule has 5 nitrogen and oxygen atoms in total. The van der Waals surface area contributed by atoms with Crippen LogP contribution in [0.3, 0.4) is 0 Å². The standard InChI is InChI=1S/C18H20F3N5/c1-2-25(14-4-3-5-16(8-14)26-12-23-11-24-26)15-7-6-13(10-22)17(9-15)18(19,20)21/h6-7,9,11-12,14,16H,2-5,8H2,1H3. The van der Waals surface area contributed by atoms with Crippen molar-refractivity contribution in [3.05, 3.63) is 42.0 Å². The fourth-order valence-corrected chi connectivity index (χ4v) is 3.76. The number of hydrogen-bond donors (Lipinski definition) is 0. The van der Waals surface area contributed by atoms with Gasteiger partial charge in [-0.05, 0) is 50.8 Å². The number of alkyl halides is 3. The zero-order valence-corrected chi connectivity index (χ0v) is 14.4. The minimum atomic E-state index is -4.55. The number of hydrogen-bond acceptors (Lipinski definition) is 4. The molecule has 0 aliphatic heterocycles. The van der Waals surface area contributed by atoms with E-state index < -0.39 is 11.7 Å². The summed E-state index contributed by atoms with van der Waals surface area (Å²) in [5, 5.41) is 13.2. The first kappa shape index (κ1) is 18.2. The number of rotatable bonds is 4. The lowest BCUT2D eigenvalue weighted by Gasteiger charge is -2.38. The fraction of sp³-hybridized carbons (Fsp3) is 0.500. The SMILES string of the molecule is CCN(c1ccc(C#N)c(C(F)(F)F)c1)C1CCCC(n2cncn2)C1. The van der Waals surface area contributed by atoms with Gasteiger partial charge in [-0.1, -0.05) is 0 Å². The molecule has 0 bridgehead atoms. The third kappa shape index (κ3) is 3.66. The van der Waals surface area contributed by atoms with Crippen molar-refractivity contribution >= 4 is 5.69 Å². The predicted octanol–water partition coefficient (Wildman–Crippen LogP) is 4.18. The Morgan fingerprint density at radius 3 is 2.77 bits per heavy atom. The van der Waals surface area contributed by atoms with Crippen molar-refractivity contribution in [2.45, 2.75) is 50.9 Å². The molecule has 0 radical (unpaired) electrons. The molecule has 0 amide bonds. The van der Waals surface area contributed by atoms with E-state index in [9.17, 15) is 13.2 Å². The highest BCUT2D eigenvalue weighted by Gasteiger charge is 2.35. The van der Waals surface area contributed by atoms with Gasteiger partial charge in [-0.2, -0.15) is 23.5 Å². The van der Waals surface area contributed by atoms with Crippen molar-refractivity contribution in [1.29, 1.82) is 5.26 Å². The molecule has 1 aliphatic rings. The summed E-state index contributed by atoms with van der Waals surface area (Å²) in [4.78, 5) is 5.99. The molecule has 1 saturated carbocycles. The lowest BCUT2D eigenvalue weighted by Crippen LogP contribution is -2.39. The molecular formula is C18H20F3N5. The van der Waals surface area contributed by atoms with E-state index in [0.717, 1.165) is 31.7 Å². The monoisotopic (exact) mass is 363 g/mol. The molecule has 1 heterocycles. The van der Waals surface area contributed by atoms with E-state index in [0.29, 0.717) is 12.2 Å². The lowest BCUT2D eigenvalue weighted by atomic mass is 9.89. The lowest BCUT2D eigenvalue weighted by molar-refractivity contribution is -0.137. The number of nitrogens with zero attached hydrogens (tertiary/aromatic N) is 5. The maximum Gasteiger partial charge on any atom is 0.417 e. The second-order valence-electron chi connectivity index (χ2n) is 6.48. The van der Waals surface area contributed by atoms with Crippen molar-refractivity contribution in [2.75, 3.05) is 11.4 Å². The Morgan fingerprint density at radius 1 is 1.35 bits per heavy atom. The first-order chi connectivity index (χ1) is 12.4. The number of nitriles is 1. The van der Waals surface area contributed by atoms with Crippen LogP contribution < -0.4 is 4.90 Å². The van der Waals surface area contributed by atoms with Crippen molar-refractivity contribution in [1.82, 2.24) is 14.8 Å². The van der Waals surface area contributed by atoms with E-state index >= 15 is 0 Å². The molecule has 0 saturated heterocycles. The molecule has 1 aromatic carbocycles. The fourth-order valence-electron chi connectivity index (χ4n) is 3.76. The highest BCUT2D eigenvalue weighted by molar-refractivity contribution is 5.55. The summed E-state index contributed by atoms with van der Waals surface area (Å²) in [6.07, 6.45) is 2.33. The van der Waals surface area contributed by atoms with Gasteiger partial charge in [0.2, 0.25) is 0 Å². The third-order valence-electron chi connectivity index (χ3n) is 4.97. The van der Waals surface area contributed by atoms with Gasteiger partial charge >= 0.3 is 6.18 Å². The summed E-state index contributed by atoms with van der Waals surface area (Å²) in [5.41, 5.74) is -0.718. The predicted molar refractivity (Wildman–Crippen MR) is 90.5 cm³/mol. The Hall–Kier alpha value is -2.56. The van der Waals surface area contributed by atoms with Gasteiger partial charge in [0.1, 0.15) is 12.7 Å². The molecule has 2 unspecified atom stereocenters. The van der Waals surface area contributed by atoms with Crippen LogP contribution in [0.25, 0.3) is 0 Å². The van der Waals surface area contributed by atoms with E-state index in [-0.39, 0.29) is 17.6 Å². The van der Waals surface area contributed by atoms with Crippen LogP contribution in [0.4, 0.5) is 18.9 Å². The van der Waals surface area contributed by atoms with E-state index in [1.54, 1.807) is 18.5 Å². The van der Waals surface area contributed by atoms with Gasteiger partial charge in [0.25, 0.3) is 0 Å². The number of anilines is 1. The molecule has 8 heteroatoms. The van der Waals surface area contributed by atoms with Crippen LogP contribution in [-0.2, 0) is 6.18 Å². The van der Waals surface area contributed by atoms with Crippen LogP contribution in [0.2, 0.25) is 0 Å². The summed E-state index contributed by atoms with van der Waals surface area (Å²) in [5.74, 6) is 0. The quantitative estimate of drug-likeness (QED) is 0.818. The molecule has 1 aliphatic carbocycles. The molecular weight excluding hydrogens is 343 g/mol. The van der Waals surface area contributed by atoms with Gasteiger partial charge < -0.3 is 4.90 Å². The summed E-state index contributed by atoms with van der Waals surface area (Å²) in [6.45, 7) is 2.53. The minimum Gasteiger partial charge on any atom is -0.369 e. The zero-order chi connectivity index (χ0) is 18.7. The van der Waals surface area contributed by atoms with Gasteiger partial charge in [-0.15, -0.1) is 0 Å². The van der Waals surface area contributed by atoms with Crippen LogP contribution in [0, 0.1) is 11.3 Å². The van der Waals surface area contributed by atoms with Crippen molar-refractivity contribution in [3.63, 3.8) is 0 Å². The summed E-state index contributed by atoms with van der Waals surface area (Å²) < 4.78 is 41.7. The van der Waals surface area contributed by atoms with Crippen LogP contribution in [0.5, 0.6) is 0 Å². The van der Waals surface area contributed by atoms with Crippen molar-refractivity contribution in [2.24, 2.45) is 0 Å². The Labute approximate surface area is 150 Å². The smallest absolute Gasteiger partial charge is 0.369 e. The van der Waals surface area contributed by atoms with Crippen LogP contribution in [-0.4, -0.2) is 27.4 Å². The number of halogens is 3. The summed E-state index contributed by atoms with van der Waals surface area (Å²) in [6, 6.07) is 5.92. The molecule has 0 N–H and O–H groups in total. The molecule has 138 valence electrons. The minimum absolute atomic E-state index is 0.122. The average Bonchev–Trinajstić information content (AvgIpc) is 3.16. The van der Waals surface area contributed by atoms with Crippen molar-refractivity contribution < 1.29 is 13.2 Å². The van der Waals surface area contributed by atoms with Gasteiger partial charge in [0.15, 0.2) is 0 Å². The maximum absolute atomic E-state index is 13.3. The first-order valence-corrected chi connectivity index (χ1v) is 8.66. The van der Waals surface area contributed by atoms with Gasteiger partial charge in [-0.3, -0.25) is 0 Å². The van der Waals surface area contributed by atoms with Crippen LogP contribution >= 0.6 is 0 Å². The average molecular weight is 363 g/mol. The van der Waals surface area contributed by atoms with Crippen LogP contribution in [0.15, 0.2) is 30.9 Å². The second kappa shape index (κ2) is 7.36. The zero-order valence-electron chi connectivity index (χ0n) is 14.4. The van der Waals surface area contributed by atoms with E-state index in [2.05, 4.69) is 10.1 Å². The van der Waals surface area contributed by atoms with Crippen LogP contribution in [0.1, 0.15) is 49.8 Å². The third-order valence-corrected chi connectivity index (χ3v) is 4.97. The first-order valence-electron chi connectivity index (χ1n) is 8.66. The molecule has 2 aromatic rings. The summed E-state index contributed by atoms with van der Waals surface area (Å²) in [7, 11) is 0. The van der Waals surface area contributed by atoms with E-state index in [1.807, 2.05) is 16.5 Å². The number of benzene rings is 1. The Bertz CT molecular complexity index is 779. The maximum atomic E-state index is 13.3. The highest BCUT2D eigenvalue weighted by Crippen LogP contribution is 2.37. The Balaban J connectivity index is 1.88. The Morgan fingerprint density at radius 2 is 2.15 bits per heavy atom. The highest BCUT2D eigenvalue weighted by atomic mass is 19.4. The topological polar surface area (TPSA) is 57.7 Å². The molecule has 3 rings (SSSR count). The van der Waals surface area contributed by atoms with E-state index in [4.69, 9.17) is 5.26 Å². The van der Waals surface area contributed by atoms with Gasteiger partial charge in [0.05, 0.1) is 23.2 Å². The van der Waals surface area contributed by atoms with Gasteiger partial charge in [-0.25, -0.2) is 9.67 Å². The Kier molecular flexibility index (Phi) is 5.16. The second-order valence-corrected chi connectivity index (χ2v) is 6.48. The molecule has 0 spiro atoms. The molecule has 2 atom stereocenters. The normalized spacial score (nSPS) is 20.6. The van der Waals surface area contributed by atoms with E-state index in [1.165, 1.54) is 12.4 Å². The van der Waals surface area contributed by atoms with Crippen molar-refractivity contribution in [3.8, 4) is 6.07 Å². The molecule has 1 fully saturated rings. The summed E-state index contributed by atoms with van der Waals surface area (Å²) >= 11 is 0. The molecule has 26 heavy (non-hydrogen) atoms.